The van der Waals surface area contributed by atoms with Crippen molar-refractivity contribution in [1.82, 2.24) is 14.5 Å². The molecule has 1 amide bonds. The van der Waals surface area contributed by atoms with Crippen LogP contribution >= 0.6 is 0 Å². The lowest BCUT2D eigenvalue weighted by atomic mass is 10.3. The Morgan fingerprint density at radius 3 is 2.67 bits per heavy atom. The van der Waals surface area contributed by atoms with Gasteiger partial charge in [-0.1, -0.05) is 24.3 Å². The van der Waals surface area contributed by atoms with Crippen LogP contribution in [0.15, 0.2) is 55.5 Å². The first-order valence-corrected chi connectivity index (χ1v) is 6.33. The van der Waals surface area contributed by atoms with Gasteiger partial charge in [0.25, 0.3) is 5.91 Å². The number of carbonyl (C=O) groups excluding carboxylic acids is 1. The van der Waals surface area contributed by atoms with Gasteiger partial charge < -0.3 is 10.0 Å². The molecule has 6 nitrogen and oxygen atoms in total. The Hall–Kier alpha value is -2.89. The SMILES string of the molecule is C=CCN(CC(=O)O)C(=O)c1cncn1-c1ccccc1. The molecule has 0 saturated carbocycles. The summed E-state index contributed by atoms with van der Waals surface area (Å²) < 4.78 is 1.63. The molecule has 0 aliphatic carbocycles. The average Bonchev–Trinajstić information content (AvgIpc) is 2.96. The number of carboxylic acid groups (broad SMARTS) is 1. The van der Waals surface area contributed by atoms with E-state index in [1.807, 2.05) is 30.3 Å². The van der Waals surface area contributed by atoms with Crippen molar-refractivity contribution in [1.29, 1.82) is 0 Å². The van der Waals surface area contributed by atoms with Gasteiger partial charge in [-0.15, -0.1) is 6.58 Å². The van der Waals surface area contributed by atoms with Crippen LogP contribution in [0.1, 0.15) is 10.5 Å². The van der Waals surface area contributed by atoms with E-state index in [9.17, 15) is 9.59 Å². The van der Waals surface area contributed by atoms with Crippen LogP contribution in [0.5, 0.6) is 0 Å². The summed E-state index contributed by atoms with van der Waals surface area (Å²) in [7, 11) is 0. The van der Waals surface area contributed by atoms with Gasteiger partial charge >= 0.3 is 5.97 Å². The lowest BCUT2D eigenvalue weighted by Gasteiger charge is -2.19. The number of aliphatic carboxylic acids is 1. The van der Waals surface area contributed by atoms with Gasteiger partial charge in [-0.3, -0.25) is 14.2 Å². The van der Waals surface area contributed by atoms with Crippen molar-refractivity contribution < 1.29 is 14.7 Å². The van der Waals surface area contributed by atoms with Gasteiger partial charge in [0.05, 0.1) is 12.5 Å². The second-order valence-corrected chi connectivity index (χ2v) is 4.35. The molecule has 6 heteroatoms. The van der Waals surface area contributed by atoms with Crippen molar-refractivity contribution >= 4 is 11.9 Å². The molecule has 1 heterocycles. The number of carbonyl (C=O) groups is 2. The number of amides is 1. The molecule has 0 saturated heterocycles. The minimum atomic E-state index is -1.07. The van der Waals surface area contributed by atoms with E-state index in [0.717, 1.165) is 5.69 Å². The zero-order valence-corrected chi connectivity index (χ0v) is 11.3. The fourth-order valence-corrected chi connectivity index (χ4v) is 1.95. The van der Waals surface area contributed by atoms with E-state index in [1.165, 1.54) is 23.5 Å². The molecule has 0 fully saturated rings. The summed E-state index contributed by atoms with van der Waals surface area (Å²) in [6.07, 6.45) is 4.44. The standard InChI is InChI=1S/C15H15N3O3/c1-2-8-17(10-14(19)20)15(21)13-9-16-11-18(13)12-6-4-3-5-7-12/h2-7,9,11H,1,8,10H2,(H,19,20). The Morgan fingerprint density at radius 2 is 2.05 bits per heavy atom. The quantitative estimate of drug-likeness (QED) is 0.818. The average molecular weight is 285 g/mol. The van der Waals surface area contributed by atoms with Crippen molar-refractivity contribution in [3.8, 4) is 5.69 Å². The van der Waals surface area contributed by atoms with Gasteiger partial charge in [-0.25, -0.2) is 4.98 Å². The van der Waals surface area contributed by atoms with E-state index >= 15 is 0 Å². The van der Waals surface area contributed by atoms with Crippen LogP contribution in [-0.2, 0) is 4.79 Å². The molecule has 2 aromatic rings. The van der Waals surface area contributed by atoms with Crippen molar-refractivity contribution in [3.05, 3.63) is 61.2 Å². The third kappa shape index (κ3) is 3.36. The molecule has 0 radical (unpaired) electrons. The maximum Gasteiger partial charge on any atom is 0.323 e. The maximum absolute atomic E-state index is 12.5. The van der Waals surface area contributed by atoms with E-state index in [4.69, 9.17) is 5.11 Å². The van der Waals surface area contributed by atoms with Crippen LogP contribution in [0, 0.1) is 0 Å². The Morgan fingerprint density at radius 1 is 1.33 bits per heavy atom. The second-order valence-electron chi connectivity index (χ2n) is 4.35. The second kappa shape index (κ2) is 6.51. The molecule has 21 heavy (non-hydrogen) atoms. The Balaban J connectivity index is 2.33. The third-order valence-electron chi connectivity index (χ3n) is 2.85. The largest absolute Gasteiger partial charge is 0.480 e. The van der Waals surface area contributed by atoms with Crippen molar-refractivity contribution in [2.75, 3.05) is 13.1 Å². The Labute approximate surface area is 122 Å². The fourth-order valence-electron chi connectivity index (χ4n) is 1.95. The molecule has 1 N–H and O–H groups in total. The number of hydrogen-bond donors (Lipinski definition) is 1. The zero-order valence-electron chi connectivity index (χ0n) is 11.3. The Kier molecular flexibility index (Phi) is 4.50. The molecule has 1 aromatic heterocycles. The maximum atomic E-state index is 12.5. The number of para-hydroxylation sites is 1. The molecule has 2 rings (SSSR count). The fraction of sp³-hybridized carbons (Fsp3) is 0.133. The molecule has 1 aromatic carbocycles. The topological polar surface area (TPSA) is 75.4 Å². The summed E-state index contributed by atoms with van der Waals surface area (Å²) >= 11 is 0. The predicted molar refractivity (Wildman–Crippen MR) is 77.3 cm³/mol. The molecule has 0 bridgehead atoms. The summed E-state index contributed by atoms with van der Waals surface area (Å²) in [4.78, 5) is 28.5. The molecular formula is C15H15N3O3. The smallest absolute Gasteiger partial charge is 0.323 e. The number of carboxylic acids is 1. The van der Waals surface area contributed by atoms with Gasteiger partial charge in [0, 0.05) is 12.2 Å². The number of hydrogen-bond acceptors (Lipinski definition) is 3. The number of aromatic nitrogens is 2. The predicted octanol–water partition coefficient (Wildman–Crippen LogP) is 1.59. The highest BCUT2D eigenvalue weighted by Crippen LogP contribution is 2.13. The van der Waals surface area contributed by atoms with Crippen LogP contribution in [-0.4, -0.2) is 44.5 Å². The van der Waals surface area contributed by atoms with Crippen molar-refractivity contribution in [2.45, 2.75) is 0 Å². The highest BCUT2D eigenvalue weighted by Gasteiger charge is 2.21. The molecule has 0 aliphatic heterocycles. The van der Waals surface area contributed by atoms with Crippen molar-refractivity contribution in [2.24, 2.45) is 0 Å². The lowest BCUT2D eigenvalue weighted by Crippen LogP contribution is -2.36. The highest BCUT2D eigenvalue weighted by molar-refractivity contribution is 5.94. The highest BCUT2D eigenvalue weighted by atomic mass is 16.4. The minimum absolute atomic E-state index is 0.158. The van der Waals surface area contributed by atoms with E-state index < -0.39 is 11.9 Å². The van der Waals surface area contributed by atoms with Crippen LogP contribution in [0.3, 0.4) is 0 Å². The summed E-state index contributed by atoms with van der Waals surface area (Å²) in [6, 6.07) is 9.25. The lowest BCUT2D eigenvalue weighted by molar-refractivity contribution is -0.137. The van der Waals surface area contributed by atoms with E-state index in [1.54, 1.807) is 4.57 Å². The molecule has 0 spiro atoms. The van der Waals surface area contributed by atoms with Gasteiger partial charge in [0.15, 0.2) is 0 Å². The van der Waals surface area contributed by atoms with Crippen LogP contribution in [0.4, 0.5) is 0 Å². The van der Waals surface area contributed by atoms with Crippen LogP contribution < -0.4 is 0 Å². The van der Waals surface area contributed by atoms with Gasteiger partial charge in [0.2, 0.25) is 0 Å². The first-order chi connectivity index (χ1) is 10.1. The first kappa shape index (κ1) is 14.5. The number of benzene rings is 1. The van der Waals surface area contributed by atoms with Gasteiger partial charge in [0.1, 0.15) is 12.2 Å². The van der Waals surface area contributed by atoms with Crippen LogP contribution in [0.2, 0.25) is 0 Å². The Bertz CT molecular complexity index is 649. The normalized spacial score (nSPS) is 10.1. The van der Waals surface area contributed by atoms with Gasteiger partial charge in [-0.05, 0) is 12.1 Å². The number of nitrogens with zero attached hydrogens (tertiary/aromatic N) is 3. The summed E-state index contributed by atoms with van der Waals surface area (Å²) in [5.41, 5.74) is 1.09. The molecule has 0 unspecified atom stereocenters. The monoisotopic (exact) mass is 285 g/mol. The van der Waals surface area contributed by atoms with Crippen LogP contribution in [0.25, 0.3) is 5.69 Å². The zero-order chi connectivity index (χ0) is 15.2. The first-order valence-electron chi connectivity index (χ1n) is 6.33. The van der Waals surface area contributed by atoms with E-state index in [0.29, 0.717) is 5.69 Å². The number of rotatable bonds is 6. The van der Waals surface area contributed by atoms with Crippen molar-refractivity contribution in [3.63, 3.8) is 0 Å². The molecule has 0 aliphatic rings. The summed E-state index contributed by atoms with van der Waals surface area (Å²) in [5.74, 6) is -1.48. The van der Waals surface area contributed by atoms with Gasteiger partial charge in [-0.2, -0.15) is 0 Å². The molecular weight excluding hydrogens is 270 g/mol. The van der Waals surface area contributed by atoms with E-state index in [-0.39, 0.29) is 13.1 Å². The molecule has 0 atom stereocenters. The summed E-state index contributed by atoms with van der Waals surface area (Å²) in [6.45, 7) is 3.32. The third-order valence-corrected chi connectivity index (χ3v) is 2.85. The number of imidazole rings is 1. The minimum Gasteiger partial charge on any atom is -0.480 e. The summed E-state index contributed by atoms with van der Waals surface area (Å²) in [5, 5.41) is 8.89. The molecule has 108 valence electrons. The van der Waals surface area contributed by atoms with E-state index in [2.05, 4.69) is 11.6 Å².